The third kappa shape index (κ3) is 3.71. The van der Waals surface area contributed by atoms with Crippen LogP contribution in [-0.4, -0.2) is 23.5 Å². The summed E-state index contributed by atoms with van der Waals surface area (Å²) in [7, 11) is 0. The minimum Gasteiger partial charge on any atom is -0.467 e. The van der Waals surface area contributed by atoms with E-state index in [1.54, 1.807) is 19.1 Å². The zero-order chi connectivity index (χ0) is 15.9. The Balaban J connectivity index is 2.03. The number of nitrogens with zero attached hydrogens (tertiary/aromatic N) is 2. The molecule has 1 N–H and O–H groups in total. The Kier molecular flexibility index (Phi) is 5.27. The maximum absolute atomic E-state index is 12.0. The smallest absolute Gasteiger partial charge is 0.357 e. The van der Waals surface area contributed by atoms with Crippen molar-refractivity contribution in [2.45, 2.75) is 19.4 Å². The van der Waals surface area contributed by atoms with E-state index in [1.807, 2.05) is 6.07 Å². The van der Waals surface area contributed by atoms with Gasteiger partial charge in [-0.15, -0.1) is 11.3 Å². The van der Waals surface area contributed by atoms with E-state index in [2.05, 4.69) is 10.3 Å². The average Bonchev–Trinajstić information content (AvgIpc) is 3.18. The molecule has 0 fully saturated rings. The Morgan fingerprint density at radius 1 is 1.59 bits per heavy atom. The monoisotopic (exact) mass is 319 g/mol. The van der Waals surface area contributed by atoms with Crippen LogP contribution in [0.3, 0.4) is 0 Å². The highest BCUT2D eigenvalue weighted by atomic mass is 32.1. The molecule has 0 aliphatic carbocycles. The van der Waals surface area contributed by atoms with Crippen LogP contribution in [0, 0.1) is 11.3 Å². The molecule has 0 aliphatic rings. The Morgan fingerprint density at radius 3 is 3.05 bits per heavy atom. The standard InChI is InChI=1S/C14H13N3O4S/c1-2-20-14(19)11-8-22-13(17-11)10(6-15)12(18)16-7-9-4-3-5-21-9/h3-5,8,10H,2,7H2,1H3,(H,16,18). The van der Waals surface area contributed by atoms with E-state index < -0.39 is 17.8 Å². The highest BCUT2D eigenvalue weighted by molar-refractivity contribution is 7.10. The van der Waals surface area contributed by atoms with Gasteiger partial charge in [-0.3, -0.25) is 4.79 Å². The molecule has 0 bridgehead atoms. The second-order valence-corrected chi connectivity index (χ2v) is 5.04. The van der Waals surface area contributed by atoms with Crippen LogP contribution in [0.5, 0.6) is 0 Å². The van der Waals surface area contributed by atoms with Crippen molar-refractivity contribution in [1.29, 1.82) is 5.26 Å². The Bertz CT molecular complexity index is 687. The summed E-state index contributed by atoms with van der Waals surface area (Å²) in [5.41, 5.74) is 0.0981. The van der Waals surface area contributed by atoms with E-state index in [1.165, 1.54) is 11.6 Å². The first-order valence-electron chi connectivity index (χ1n) is 6.48. The Hall–Kier alpha value is -2.66. The van der Waals surface area contributed by atoms with Crippen molar-refractivity contribution in [2.75, 3.05) is 6.61 Å². The molecule has 0 saturated heterocycles. The zero-order valence-corrected chi connectivity index (χ0v) is 12.6. The van der Waals surface area contributed by atoms with Crippen LogP contribution < -0.4 is 5.32 Å². The molecule has 0 aliphatic heterocycles. The molecule has 2 heterocycles. The molecule has 2 aromatic rings. The van der Waals surface area contributed by atoms with Crippen LogP contribution in [0.4, 0.5) is 0 Å². The van der Waals surface area contributed by atoms with E-state index in [0.717, 1.165) is 11.3 Å². The average molecular weight is 319 g/mol. The maximum atomic E-state index is 12.0. The van der Waals surface area contributed by atoms with Gasteiger partial charge in [-0.2, -0.15) is 5.26 Å². The summed E-state index contributed by atoms with van der Waals surface area (Å²) in [6.45, 7) is 2.10. The van der Waals surface area contributed by atoms with E-state index in [4.69, 9.17) is 9.15 Å². The summed E-state index contributed by atoms with van der Waals surface area (Å²) in [4.78, 5) is 27.6. The Morgan fingerprint density at radius 2 is 2.41 bits per heavy atom. The van der Waals surface area contributed by atoms with Crippen molar-refractivity contribution in [3.8, 4) is 6.07 Å². The molecule has 0 radical (unpaired) electrons. The van der Waals surface area contributed by atoms with Gasteiger partial charge in [0.05, 0.1) is 25.5 Å². The number of ether oxygens (including phenoxy) is 1. The molecule has 0 spiro atoms. The molecule has 1 amide bonds. The maximum Gasteiger partial charge on any atom is 0.357 e. The first kappa shape index (κ1) is 15.7. The quantitative estimate of drug-likeness (QED) is 0.814. The van der Waals surface area contributed by atoms with Crippen molar-refractivity contribution < 1.29 is 18.7 Å². The van der Waals surface area contributed by atoms with Crippen LogP contribution in [0.1, 0.15) is 34.1 Å². The summed E-state index contributed by atoms with van der Waals surface area (Å²) in [6.07, 6.45) is 1.50. The van der Waals surface area contributed by atoms with Crippen LogP contribution in [0.2, 0.25) is 0 Å². The van der Waals surface area contributed by atoms with Crippen molar-refractivity contribution in [2.24, 2.45) is 0 Å². The molecular formula is C14H13N3O4S. The van der Waals surface area contributed by atoms with Gasteiger partial charge in [-0.1, -0.05) is 0 Å². The highest BCUT2D eigenvalue weighted by Crippen LogP contribution is 2.21. The molecule has 114 valence electrons. The van der Waals surface area contributed by atoms with Gasteiger partial charge in [0.1, 0.15) is 10.8 Å². The lowest BCUT2D eigenvalue weighted by Crippen LogP contribution is -2.28. The van der Waals surface area contributed by atoms with E-state index >= 15 is 0 Å². The molecule has 2 aromatic heterocycles. The minimum atomic E-state index is -1.08. The lowest BCUT2D eigenvalue weighted by molar-refractivity contribution is -0.121. The summed E-state index contributed by atoms with van der Waals surface area (Å²) < 4.78 is 9.91. The Labute approximate surface area is 130 Å². The number of esters is 1. The first-order valence-corrected chi connectivity index (χ1v) is 7.36. The number of furan rings is 1. The van der Waals surface area contributed by atoms with Crippen LogP contribution in [0.15, 0.2) is 28.2 Å². The number of amides is 1. The van der Waals surface area contributed by atoms with Crippen LogP contribution >= 0.6 is 11.3 Å². The summed E-state index contributed by atoms with van der Waals surface area (Å²) >= 11 is 1.07. The van der Waals surface area contributed by atoms with E-state index in [-0.39, 0.29) is 23.9 Å². The molecule has 22 heavy (non-hydrogen) atoms. The van der Waals surface area contributed by atoms with Crippen molar-refractivity contribution in [3.63, 3.8) is 0 Å². The number of nitriles is 1. The number of aromatic nitrogens is 1. The molecule has 7 nitrogen and oxygen atoms in total. The predicted molar refractivity (Wildman–Crippen MR) is 77.0 cm³/mol. The number of carbonyl (C=O) groups is 2. The van der Waals surface area contributed by atoms with Crippen LogP contribution in [-0.2, 0) is 16.1 Å². The summed E-state index contributed by atoms with van der Waals surface area (Å²) in [5, 5.41) is 13.5. The fourth-order valence-electron chi connectivity index (χ4n) is 1.63. The predicted octanol–water partition coefficient (Wildman–Crippen LogP) is 1.84. The van der Waals surface area contributed by atoms with Gasteiger partial charge in [0.15, 0.2) is 11.6 Å². The van der Waals surface area contributed by atoms with Gasteiger partial charge < -0.3 is 14.5 Å². The second kappa shape index (κ2) is 7.38. The van der Waals surface area contributed by atoms with Gasteiger partial charge in [-0.25, -0.2) is 9.78 Å². The van der Waals surface area contributed by atoms with Gasteiger partial charge >= 0.3 is 5.97 Å². The van der Waals surface area contributed by atoms with E-state index in [0.29, 0.717) is 5.76 Å². The van der Waals surface area contributed by atoms with Crippen molar-refractivity contribution in [1.82, 2.24) is 10.3 Å². The largest absolute Gasteiger partial charge is 0.467 e. The first-order chi connectivity index (χ1) is 10.7. The molecule has 1 atom stereocenters. The van der Waals surface area contributed by atoms with Crippen molar-refractivity contribution in [3.05, 3.63) is 40.2 Å². The SMILES string of the molecule is CCOC(=O)c1csc(C(C#N)C(=O)NCc2ccco2)n1. The van der Waals surface area contributed by atoms with Gasteiger partial charge in [-0.05, 0) is 19.1 Å². The number of carbonyl (C=O) groups excluding carboxylic acids is 2. The summed E-state index contributed by atoms with van der Waals surface area (Å²) in [6, 6.07) is 5.30. The molecule has 1 unspecified atom stereocenters. The molecular weight excluding hydrogens is 306 g/mol. The minimum absolute atomic E-state index is 0.0981. The number of hydrogen-bond acceptors (Lipinski definition) is 7. The molecule has 0 saturated carbocycles. The fourth-order valence-corrected chi connectivity index (χ4v) is 2.46. The third-order valence-electron chi connectivity index (χ3n) is 2.66. The number of rotatable bonds is 6. The number of hydrogen-bond donors (Lipinski definition) is 1. The lowest BCUT2D eigenvalue weighted by Gasteiger charge is -2.06. The van der Waals surface area contributed by atoms with Gasteiger partial charge in [0.25, 0.3) is 0 Å². The second-order valence-electron chi connectivity index (χ2n) is 4.15. The molecule has 8 heteroatoms. The lowest BCUT2D eigenvalue weighted by atomic mass is 10.1. The van der Waals surface area contributed by atoms with Crippen LogP contribution in [0.25, 0.3) is 0 Å². The molecule has 0 aromatic carbocycles. The molecule has 2 rings (SSSR count). The third-order valence-corrected chi connectivity index (χ3v) is 3.57. The fraction of sp³-hybridized carbons (Fsp3) is 0.286. The van der Waals surface area contributed by atoms with E-state index in [9.17, 15) is 14.9 Å². The van der Waals surface area contributed by atoms with Gasteiger partial charge in [0, 0.05) is 5.38 Å². The number of thiazole rings is 1. The topological polar surface area (TPSA) is 105 Å². The highest BCUT2D eigenvalue weighted by Gasteiger charge is 2.25. The number of nitrogens with one attached hydrogen (secondary N) is 1. The van der Waals surface area contributed by atoms with Crippen molar-refractivity contribution >= 4 is 23.2 Å². The van der Waals surface area contributed by atoms with Gasteiger partial charge in [0.2, 0.25) is 5.91 Å². The zero-order valence-electron chi connectivity index (χ0n) is 11.7. The normalized spacial score (nSPS) is 11.5. The summed E-state index contributed by atoms with van der Waals surface area (Å²) in [5.74, 6) is -1.57.